The highest BCUT2D eigenvalue weighted by molar-refractivity contribution is 4.72. The second kappa shape index (κ2) is 3.82. The van der Waals surface area contributed by atoms with Gasteiger partial charge in [0.25, 0.3) is 0 Å². The van der Waals surface area contributed by atoms with E-state index in [1.54, 1.807) is 0 Å². The van der Waals surface area contributed by atoms with Crippen LogP contribution in [0.2, 0.25) is 0 Å². The second-order valence-corrected chi connectivity index (χ2v) is 6.99. The molecule has 0 heterocycles. The molecular weight excluding hydrogens is 172 g/mol. The Balaban J connectivity index is 4.53. The zero-order valence-corrected chi connectivity index (χ0v) is 11.7. The van der Waals surface area contributed by atoms with Crippen LogP contribution in [0.4, 0.5) is 0 Å². The van der Waals surface area contributed by atoms with Crippen molar-refractivity contribution in [3.8, 4) is 0 Å². The quantitative estimate of drug-likeness (QED) is 0.611. The Morgan fingerprint density at radius 1 is 0.929 bits per heavy atom. The van der Waals surface area contributed by atoms with Gasteiger partial charge in [-0.25, -0.2) is 0 Å². The molecule has 0 aromatic heterocycles. The molecule has 0 aliphatic carbocycles. The number of quaternary nitrogens is 2. The third-order valence-electron chi connectivity index (χ3n) is 3.93. The largest absolute Gasteiger partial charge is 0.329 e. The number of nitrogens with zero attached hydrogens (tertiary/aromatic N) is 2. The lowest BCUT2D eigenvalue weighted by atomic mass is 9.91. The van der Waals surface area contributed by atoms with Gasteiger partial charge in [0.15, 0.2) is 0 Å². The van der Waals surface area contributed by atoms with E-state index in [0.717, 1.165) is 8.97 Å². The maximum atomic E-state index is 2.36. The predicted molar refractivity (Wildman–Crippen MR) is 64.2 cm³/mol. The summed E-state index contributed by atoms with van der Waals surface area (Å²) in [5.74, 6) is 0. The molecule has 0 aromatic carbocycles. The van der Waals surface area contributed by atoms with Crippen LogP contribution in [0, 0.1) is 0 Å². The molecule has 0 amide bonds. The molecule has 0 bridgehead atoms. The summed E-state index contributed by atoms with van der Waals surface area (Å²) in [4.78, 5) is 0. The maximum absolute atomic E-state index is 2.36. The van der Waals surface area contributed by atoms with Gasteiger partial charge >= 0.3 is 0 Å². The summed E-state index contributed by atoms with van der Waals surface area (Å²) < 4.78 is 2.07. The molecule has 14 heavy (non-hydrogen) atoms. The van der Waals surface area contributed by atoms with Crippen molar-refractivity contribution in [2.75, 3.05) is 42.3 Å². The Kier molecular flexibility index (Phi) is 3.80. The molecule has 1 atom stereocenters. The Morgan fingerprint density at radius 3 is 1.50 bits per heavy atom. The van der Waals surface area contributed by atoms with E-state index in [1.165, 1.54) is 6.42 Å². The summed E-state index contributed by atoms with van der Waals surface area (Å²) in [5, 5.41) is 0. The molecule has 0 saturated carbocycles. The molecule has 0 aromatic rings. The van der Waals surface area contributed by atoms with E-state index in [1.807, 2.05) is 0 Å². The summed E-state index contributed by atoms with van der Waals surface area (Å²) in [6.45, 7) is 7.07. The summed E-state index contributed by atoms with van der Waals surface area (Å²) in [7, 11) is 13.7. The minimum atomic E-state index is 0.338. The van der Waals surface area contributed by atoms with Crippen LogP contribution in [0.15, 0.2) is 0 Å². The van der Waals surface area contributed by atoms with Gasteiger partial charge in [0.05, 0.1) is 60.3 Å². The molecule has 0 aliphatic rings. The average Bonchev–Trinajstić information content (AvgIpc) is 1.80. The van der Waals surface area contributed by atoms with Crippen LogP contribution in [0.3, 0.4) is 0 Å². The molecule has 0 aliphatic heterocycles. The van der Waals surface area contributed by atoms with Crippen LogP contribution in [-0.2, 0) is 0 Å². The average molecular weight is 202 g/mol. The summed E-state index contributed by atoms with van der Waals surface area (Å²) in [5.41, 5.74) is 0.338. The lowest BCUT2D eigenvalue weighted by Crippen LogP contribution is -2.57. The highest BCUT2D eigenvalue weighted by atomic mass is 15.4. The van der Waals surface area contributed by atoms with Crippen LogP contribution < -0.4 is 0 Å². The van der Waals surface area contributed by atoms with Crippen LogP contribution in [0.5, 0.6) is 0 Å². The number of rotatable bonds is 4. The smallest absolute Gasteiger partial charge is 0.0986 e. The molecule has 0 saturated heterocycles. The van der Waals surface area contributed by atoms with E-state index in [4.69, 9.17) is 0 Å². The van der Waals surface area contributed by atoms with E-state index in [0.29, 0.717) is 11.6 Å². The van der Waals surface area contributed by atoms with Gasteiger partial charge in [-0.15, -0.1) is 0 Å². The monoisotopic (exact) mass is 202 g/mol. The Bertz CT molecular complexity index is 181. The highest BCUT2D eigenvalue weighted by Gasteiger charge is 2.37. The highest BCUT2D eigenvalue weighted by Crippen LogP contribution is 2.26. The first kappa shape index (κ1) is 13.9. The van der Waals surface area contributed by atoms with Crippen LogP contribution in [0.25, 0.3) is 0 Å². The number of hydrogen-bond acceptors (Lipinski definition) is 0. The fourth-order valence-electron chi connectivity index (χ4n) is 1.27. The van der Waals surface area contributed by atoms with Gasteiger partial charge in [-0.3, -0.25) is 0 Å². The Morgan fingerprint density at radius 2 is 1.29 bits per heavy atom. The van der Waals surface area contributed by atoms with Gasteiger partial charge in [0.1, 0.15) is 0 Å². The minimum absolute atomic E-state index is 0.338. The van der Waals surface area contributed by atoms with E-state index in [2.05, 4.69) is 63.1 Å². The van der Waals surface area contributed by atoms with Crippen LogP contribution >= 0.6 is 0 Å². The molecule has 0 fully saturated rings. The van der Waals surface area contributed by atoms with Crippen molar-refractivity contribution in [1.29, 1.82) is 0 Å². The molecule has 0 spiro atoms. The topological polar surface area (TPSA) is 0 Å². The van der Waals surface area contributed by atoms with E-state index >= 15 is 0 Å². The second-order valence-electron chi connectivity index (χ2n) is 6.99. The zero-order chi connectivity index (χ0) is 11.8. The Hall–Kier alpha value is -0.0800. The summed E-state index contributed by atoms with van der Waals surface area (Å²) >= 11 is 0. The SMILES string of the molecule is C[C@H](CC(C)(C)[N+](C)(C)C)[N+](C)(C)C. The van der Waals surface area contributed by atoms with Crippen molar-refractivity contribution >= 4 is 0 Å². The molecule has 0 N–H and O–H groups in total. The van der Waals surface area contributed by atoms with Crippen molar-refractivity contribution in [3.05, 3.63) is 0 Å². The Labute approximate surface area is 90.7 Å². The van der Waals surface area contributed by atoms with Gasteiger partial charge in [0.2, 0.25) is 0 Å². The van der Waals surface area contributed by atoms with E-state index in [-0.39, 0.29) is 0 Å². The van der Waals surface area contributed by atoms with Crippen molar-refractivity contribution in [3.63, 3.8) is 0 Å². The fourth-order valence-corrected chi connectivity index (χ4v) is 1.27. The predicted octanol–water partition coefficient (Wildman–Crippen LogP) is 1.96. The van der Waals surface area contributed by atoms with Gasteiger partial charge in [0, 0.05) is 0 Å². The van der Waals surface area contributed by atoms with Gasteiger partial charge < -0.3 is 8.97 Å². The molecule has 2 heteroatoms. The van der Waals surface area contributed by atoms with Crippen molar-refractivity contribution in [2.24, 2.45) is 0 Å². The molecular formula is C12H30N2+2. The first-order valence-corrected chi connectivity index (χ1v) is 5.50. The third-order valence-corrected chi connectivity index (χ3v) is 3.93. The minimum Gasteiger partial charge on any atom is -0.329 e. The van der Waals surface area contributed by atoms with Gasteiger partial charge in [-0.05, 0) is 20.8 Å². The first-order valence-electron chi connectivity index (χ1n) is 5.50. The lowest BCUT2D eigenvalue weighted by Gasteiger charge is -2.45. The summed E-state index contributed by atoms with van der Waals surface area (Å²) in [6, 6.07) is 0.697. The zero-order valence-electron chi connectivity index (χ0n) is 11.7. The standard InChI is InChI=1S/C12H30N2/c1-11(13(4,5)6)10-12(2,3)14(7,8)9/h11H,10H2,1-9H3/q+2/t11-/m1/s1. The van der Waals surface area contributed by atoms with Crippen LogP contribution in [0.1, 0.15) is 27.2 Å². The molecule has 0 unspecified atom stereocenters. The third kappa shape index (κ3) is 3.58. The molecule has 2 nitrogen and oxygen atoms in total. The first-order chi connectivity index (χ1) is 5.88. The van der Waals surface area contributed by atoms with Gasteiger partial charge in [-0.2, -0.15) is 0 Å². The lowest BCUT2D eigenvalue weighted by molar-refractivity contribution is -0.935. The fraction of sp³-hybridized carbons (Fsp3) is 1.00. The molecule has 86 valence electrons. The molecule has 0 radical (unpaired) electrons. The van der Waals surface area contributed by atoms with Gasteiger partial charge in [-0.1, -0.05) is 0 Å². The van der Waals surface area contributed by atoms with E-state index < -0.39 is 0 Å². The molecule has 0 rings (SSSR count). The van der Waals surface area contributed by atoms with E-state index in [9.17, 15) is 0 Å². The van der Waals surface area contributed by atoms with Crippen molar-refractivity contribution < 1.29 is 8.97 Å². The van der Waals surface area contributed by atoms with Crippen molar-refractivity contribution in [2.45, 2.75) is 38.8 Å². The maximum Gasteiger partial charge on any atom is 0.0986 e. The number of hydrogen-bond donors (Lipinski definition) is 0. The normalized spacial score (nSPS) is 16.9. The summed E-state index contributed by atoms with van der Waals surface area (Å²) in [6.07, 6.45) is 1.25. The van der Waals surface area contributed by atoms with Crippen LogP contribution in [-0.4, -0.2) is 62.8 Å². The van der Waals surface area contributed by atoms with Crippen molar-refractivity contribution in [1.82, 2.24) is 0 Å².